The molecule has 0 spiro atoms. The van der Waals surface area contributed by atoms with Crippen LogP contribution in [0.15, 0.2) is 41.5 Å². The number of hydrogen-bond donors (Lipinski definition) is 0. The largest absolute Gasteiger partial charge is 0.107 e. The van der Waals surface area contributed by atoms with E-state index >= 15 is 0 Å². The van der Waals surface area contributed by atoms with Gasteiger partial charge >= 0.3 is 0 Å². The molecule has 9 heavy (non-hydrogen) atoms. The molecule has 0 unspecified atom stereocenters. The summed E-state index contributed by atoms with van der Waals surface area (Å²) in [6.45, 7) is 0. The first-order chi connectivity index (χ1) is 4.47. The van der Waals surface area contributed by atoms with Crippen molar-refractivity contribution >= 4 is 0 Å². The molecular weight excluding hydrogens is 108 g/mol. The van der Waals surface area contributed by atoms with Gasteiger partial charge in [-0.15, -0.1) is 0 Å². The molecular formula is C9H7+. The van der Waals surface area contributed by atoms with Gasteiger partial charge in [0.25, 0.3) is 0 Å². The molecule has 0 nitrogen and oxygen atoms in total. The fraction of sp³-hybridized carbons (Fsp3) is 0.111. The molecule has 0 aromatic heterocycles. The molecule has 0 aliphatic heterocycles. The molecule has 0 aromatic carbocycles. The molecule has 0 radical (unpaired) electrons. The van der Waals surface area contributed by atoms with Gasteiger partial charge < -0.3 is 0 Å². The van der Waals surface area contributed by atoms with Crippen molar-refractivity contribution in [2.75, 3.05) is 0 Å². The van der Waals surface area contributed by atoms with Gasteiger partial charge in [-0.1, -0.05) is 6.08 Å². The van der Waals surface area contributed by atoms with Gasteiger partial charge in [-0.2, -0.15) is 0 Å². The Morgan fingerprint density at radius 3 is 3.22 bits per heavy atom. The molecule has 0 heterocycles. The molecule has 0 bridgehead atoms. The maximum atomic E-state index is 3.05. The Labute approximate surface area is 54.9 Å². The van der Waals surface area contributed by atoms with Gasteiger partial charge in [0.05, 0.1) is 17.2 Å². The number of allylic oxidation sites excluding steroid dienone is 8. The topological polar surface area (TPSA) is 0 Å². The first-order valence-electron chi connectivity index (χ1n) is 3.12. The molecule has 0 fully saturated rings. The zero-order valence-corrected chi connectivity index (χ0v) is 5.09. The van der Waals surface area contributed by atoms with Gasteiger partial charge in [0, 0.05) is 12.5 Å². The van der Waals surface area contributed by atoms with E-state index in [9.17, 15) is 0 Å². The third-order valence-corrected chi connectivity index (χ3v) is 1.62. The first-order valence-corrected chi connectivity index (χ1v) is 3.12. The Kier molecular flexibility index (Phi) is 0.881. The fourth-order valence-corrected chi connectivity index (χ4v) is 1.13. The molecule has 2 aliphatic carbocycles. The van der Waals surface area contributed by atoms with E-state index in [1.165, 1.54) is 11.1 Å². The first kappa shape index (κ1) is 4.72. The number of rotatable bonds is 0. The normalized spacial score (nSPS) is 20.4. The van der Waals surface area contributed by atoms with E-state index in [0.29, 0.717) is 0 Å². The Bertz CT molecular complexity index is 237. The summed E-state index contributed by atoms with van der Waals surface area (Å²) in [5, 5.41) is 0. The minimum Gasteiger partial charge on any atom is -0.0644 e. The van der Waals surface area contributed by atoms with E-state index in [1.807, 2.05) is 6.08 Å². The zero-order valence-electron chi connectivity index (χ0n) is 5.09. The Hall–Kier alpha value is -1.13. The predicted octanol–water partition coefficient (Wildman–Crippen LogP) is 2.17. The molecule has 0 atom stereocenters. The third kappa shape index (κ3) is 0.647. The smallest absolute Gasteiger partial charge is 0.0644 e. The van der Waals surface area contributed by atoms with Gasteiger partial charge in [-0.05, 0) is 6.08 Å². The lowest BCUT2D eigenvalue weighted by atomic mass is 10.1. The molecule has 0 aromatic rings. The molecule has 42 valence electrons. The second kappa shape index (κ2) is 1.68. The van der Waals surface area contributed by atoms with Gasteiger partial charge in [-0.3, -0.25) is 0 Å². The molecule has 0 amide bonds. The lowest BCUT2D eigenvalue weighted by Crippen LogP contribution is -1.79. The van der Waals surface area contributed by atoms with E-state index in [1.54, 1.807) is 0 Å². The van der Waals surface area contributed by atoms with Crippen LogP contribution in [0.5, 0.6) is 0 Å². The Morgan fingerprint density at radius 1 is 1.33 bits per heavy atom. The fourth-order valence-electron chi connectivity index (χ4n) is 1.13. The summed E-state index contributed by atoms with van der Waals surface area (Å²) in [5.41, 5.74) is 2.76. The van der Waals surface area contributed by atoms with E-state index < -0.39 is 0 Å². The molecule has 2 aliphatic rings. The van der Waals surface area contributed by atoms with Gasteiger partial charge in [0.15, 0.2) is 0 Å². The van der Waals surface area contributed by atoms with Crippen molar-refractivity contribution in [3.63, 3.8) is 0 Å². The van der Waals surface area contributed by atoms with Crippen LogP contribution in [0.1, 0.15) is 6.42 Å². The maximum absolute atomic E-state index is 3.05. The van der Waals surface area contributed by atoms with Crippen molar-refractivity contribution in [1.29, 1.82) is 0 Å². The lowest BCUT2D eigenvalue weighted by molar-refractivity contribution is 1.30. The summed E-state index contributed by atoms with van der Waals surface area (Å²) in [7, 11) is 0. The molecule has 0 saturated carbocycles. The zero-order chi connectivity index (χ0) is 6.10. The highest BCUT2D eigenvalue weighted by molar-refractivity contribution is 5.49. The summed E-state index contributed by atoms with van der Waals surface area (Å²) < 4.78 is 0. The SMILES string of the molecule is [C+]1=CC2=C(C=C1)C=CC2. The van der Waals surface area contributed by atoms with Crippen LogP contribution < -0.4 is 0 Å². The maximum Gasteiger partial charge on any atom is 0.107 e. The van der Waals surface area contributed by atoms with Crippen LogP contribution in [-0.2, 0) is 0 Å². The van der Waals surface area contributed by atoms with E-state index in [-0.39, 0.29) is 0 Å². The minimum atomic E-state index is 1.09. The summed E-state index contributed by atoms with van der Waals surface area (Å²) in [6.07, 6.45) is 14.6. The second-order valence-electron chi connectivity index (χ2n) is 2.23. The van der Waals surface area contributed by atoms with Crippen molar-refractivity contribution in [3.8, 4) is 0 Å². The highest BCUT2D eigenvalue weighted by Gasteiger charge is 2.13. The van der Waals surface area contributed by atoms with E-state index in [4.69, 9.17) is 0 Å². The van der Waals surface area contributed by atoms with Crippen LogP contribution >= 0.6 is 0 Å². The Balaban J connectivity index is 2.49. The lowest BCUT2D eigenvalue weighted by Gasteiger charge is -1.87. The van der Waals surface area contributed by atoms with Gasteiger partial charge in [0.1, 0.15) is 12.2 Å². The number of hydrogen-bond acceptors (Lipinski definition) is 0. The van der Waals surface area contributed by atoms with Crippen molar-refractivity contribution < 1.29 is 0 Å². The van der Waals surface area contributed by atoms with Crippen LogP contribution in [0.3, 0.4) is 0 Å². The average molecular weight is 115 g/mol. The highest BCUT2D eigenvalue weighted by Crippen LogP contribution is 2.22. The van der Waals surface area contributed by atoms with Crippen LogP contribution in [0.25, 0.3) is 0 Å². The standard InChI is InChI=1S/C9H7/c1-2-5-9-7-3-6-8(9)4-1/h1,3-6H,7H2/q+1. The van der Waals surface area contributed by atoms with E-state index in [2.05, 4.69) is 30.4 Å². The van der Waals surface area contributed by atoms with Crippen molar-refractivity contribution in [2.45, 2.75) is 6.42 Å². The Morgan fingerprint density at radius 2 is 2.33 bits per heavy atom. The van der Waals surface area contributed by atoms with E-state index in [0.717, 1.165) is 6.42 Å². The monoisotopic (exact) mass is 115 g/mol. The summed E-state index contributed by atoms with van der Waals surface area (Å²) >= 11 is 0. The molecule has 2 rings (SSSR count). The van der Waals surface area contributed by atoms with Gasteiger partial charge in [0.2, 0.25) is 0 Å². The summed E-state index contributed by atoms with van der Waals surface area (Å²) in [6, 6.07) is 0. The van der Waals surface area contributed by atoms with Crippen molar-refractivity contribution in [2.24, 2.45) is 0 Å². The van der Waals surface area contributed by atoms with Crippen molar-refractivity contribution in [3.05, 3.63) is 47.6 Å². The van der Waals surface area contributed by atoms with Crippen LogP contribution in [0.4, 0.5) is 0 Å². The molecule has 0 heteroatoms. The highest BCUT2D eigenvalue weighted by atomic mass is 14.1. The minimum absolute atomic E-state index is 1.09. The van der Waals surface area contributed by atoms with Gasteiger partial charge in [-0.25, -0.2) is 0 Å². The summed E-state index contributed by atoms with van der Waals surface area (Å²) in [4.78, 5) is 0. The predicted molar refractivity (Wildman–Crippen MR) is 37.7 cm³/mol. The second-order valence-corrected chi connectivity index (χ2v) is 2.23. The summed E-state index contributed by atoms with van der Waals surface area (Å²) in [5.74, 6) is 0. The molecule has 0 N–H and O–H groups in total. The third-order valence-electron chi connectivity index (χ3n) is 1.62. The quantitative estimate of drug-likeness (QED) is 0.424. The van der Waals surface area contributed by atoms with Crippen LogP contribution in [0.2, 0.25) is 0 Å². The average Bonchev–Trinajstić information content (AvgIpc) is 2.33. The van der Waals surface area contributed by atoms with Crippen LogP contribution in [-0.4, -0.2) is 0 Å². The van der Waals surface area contributed by atoms with Crippen LogP contribution in [0, 0.1) is 6.08 Å². The molecule has 0 saturated heterocycles. The van der Waals surface area contributed by atoms with Crippen molar-refractivity contribution in [1.82, 2.24) is 0 Å².